The summed E-state index contributed by atoms with van der Waals surface area (Å²) in [4.78, 5) is 0. The van der Waals surface area contributed by atoms with Crippen LogP contribution in [0.1, 0.15) is 30.4 Å². The summed E-state index contributed by atoms with van der Waals surface area (Å²) < 4.78 is 5.09. The molecule has 0 saturated heterocycles. The molecular formula is C15H22Cl2O. The van der Waals surface area contributed by atoms with Gasteiger partial charge in [-0.05, 0) is 30.9 Å². The maximum absolute atomic E-state index is 6.23. The number of halogens is 2. The van der Waals surface area contributed by atoms with Crippen LogP contribution in [0.25, 0.3) is 0 Å². The number of aryl methyl sites for hydroxylation is 1. The zero-order chi connectivity index (χ0) is 13.4. The molecule has 3 heteroatoms. The summed E-state index contributed by atoms with van der Waals surface area (Å²) in [5.41, 5.74) is 2.44. The Bertz CT molecular complexity index is 348. The first-order chi connectivity index (χ1) is 8.70. The summed E-state index contributed by atoms with van der Waals surface area (Å²) in [7, 11) is 1.73. The van der Waals surface area contributed by atoms with E-state index in [1.807, 2.05) is 0 Å². The number of methoxy groups -OCH3 is 1. The maximum atomic E-state index is 6.23. The van der Waals surface area contributed by atoms with Crippen LogP contribution in [0, 0.1) is 6.92 Å². The molecule has 0 saturated carbocycles. The van der Waals surface area contributed by atoms with E-state index in [1.165, 1.54) is 11.1 Å². The Kier molecular flexibility index (Phi) is 7.06. The van der Waals surface area contributed by atoms with Gasteiger partial charge in [-0.2, -0.15) is 0 Å². The van der Waals surface area contributed by atoms with Crippen LogP contribution < -0.4 is 0 Å². The van der Waals surface area contributed by atoms with Gasteiger partial charge in [0.05, 0.1) is 0 Å². The van der Waals surface area contributed by atoms with E-state index in [9.17, 15) is 0 Å². The first kappa shape index (κ1) is 15.8. The van der Waals surface area contributed by atoms with Crippen LogP contribution in [0.15, 0.2) is 24.3 Å². The fourth-order valence-electron chi connectivity index (χ4n) is 2.33. The quantitative estimate of drug-likeness (QED) is 0.505. The van der Waals surface area contributed by atoms with E-state index >= 15 is 0 Å². The van der Waals surface area contributed by atoms with Gasteiger partial charge in [-0.1, -0.05) is 30.7 Å². The highest BCUT2D eigenvalue weighted by Gasteiger charge is 2.31. The lowest BCUT2D eigenvalue weighted by molar-refractivity contribution is 0.190. The molecule has 0 amide bonds. The van der Waals surface area contributed by atoms with E-state index in [1.54, 1.807) is 7.11 Å². The molecule has 18 heavy (non-hydrogen) atoms. The van der Waals surface area contributed by atoms with E-state index in [4.69, 9.17) is 27.9 Å². The van der Waals surface area contributed by atoms with Crippen LogP contribution in [0.5, 0.6) is 0 Å². The van der Waals surface area contributed by atoms with Crippen molar-refractivity contribution < 1.29 is 4.74 Å². The van der Waals surface area contributed by atoms with Crippen molar-refractivity contribution in [1.82, 2.24) is 0 Å². The molecule has 0 fully saturated rings. The molecule has 0 aliphatic rings. The largest absolute Gasteiger partial charge is 0.385 e. The Hall–Kier alpha value is -0.240. The first-order valence-electron chi connectivity index (χ1n) is 6.37. The van der Waals surface area contributed by atoms with E-state index in [0.29, 0.717) is 11.8 Å². The van der Waals surface area contributed by atoms with E-state index in [2.05, 4.69) is 31.2 Å². The zero-order valence-corrected chi connectivity index (χ0v) is 12.7. The summed E-state index contributed by atoms with van der Waals surface area (Å²) in [6, 6.07) is 8.39. The second kappa shape index (κ2) is 8.04. The Labute approximate surface area is 120 Å². The van der Waals surface area contributed by atoms with Crippen molar-refractivity contribution >= 4 is 23.2 Å². The third-order valence-electron chi connectivity index (χ3n) is 3.48. The number of rotatable bonds is 8. The van der Waals surface area contributed by atoms with Crippen molar-refractivity contribution in [1.29, 1.82) is 0 Å². The average molecular weight is 289 g/mol. The van der Waals surface area contributed by atoms with Crippen LogP contribution in [-0.4, -0.2) is 25.5 Å². The third-order valence-corrected chi connectivity index (χ3v) is 4.50. The number of benzene rings is 1. The zero-order valence-electron chi connectivity index (χ0n) is 11.2. The number of hydrogen-bond acceptors (Lipinski definition) is 1. The lowest BCUT2D eigenvalue weighted by Gasteiger charge is -2.31. The molecule has 0 bridgehead atoms. The van der Waals surface area contributed by atoms with Gasteiger partial charge in [0, 0.05) is 30.9 Å². The van der Waals surface area contributed by atoms with Crippen molar-refractivity contribution in [3.8, 4) is 0 Å². The van der Waals surface area contributed by atoms with Gasteiger partial charge in [0.1, 0.15) is 0 Å². The Morgan fingerprint density at radius 1 is 1.11 bits per heavy atom. The molecule has 0 aliphatic heterocycles. The molecule has 0 N–H and O–H groups in total. The average Bonchev–Trinajstić information content (AvgIpc) is 2.41. The number of alkyl halides is 2. The summed E-state index contributed by atoms with van der Waals surface area (Å²) in [6.07, 6.45) is 3.15. The number of unbranched alkanes of at least 4 members (excludes halogenated alkanes) is 1. The van der Waals surface area contributed by atoms with Gasteiger partial charge in [0.25, 0.3) is 0 Å². The molecule has 1 nitrogen and oxygen atoms in total. The second-order valence-electron chi connectivity index (χ2n) is 4.81. The molecule has 0 aromatic heterocycles. The van der Waals surface area contributed by atoms with E-state index in [-0.39, 0.29) is 5.41 Å². The Morgan fingerprint density at radius 3 is 2.33 bits per heavy atom. The lowest BCUT2D eigenvalue weighted by atomic mass is 9.77. The summed E-state index contributed by atoms with van der Waals surface area (Å²) in [5.74, 6) is 1.13. The number of ether oxygens (including phenoxy) is 1. The summed E-state index contributed by atoms with van der Waals surface area (Å²) >= 11 is 12.5. The molecule has 0 heterocycles. The number of hydrogen-bond donors (Lipinski definition) is 0. The highest BCUT2D eigenvalue weighted by molar-refractivity contribution is 6.22. The van der Waals surface area contributed by atoms with Gasteiger partial charge in [0.15, 0.2) is 0 Å². The predicted octanol–water partition coefficient (Wildman–Crippen LogP) is 4.53. The van der Waals surface area contributed by atoms with Crippen LogP contribution in [-0.2, 0) is 10.2 Å². The van der Waals surface area contributed by atoms with Crippen molar-refractivity contribution in [2.75, 3.05) is 25.5 Å². The van der Waals surface area contributed by atoms with Gasteiger partial charge in [-0.15, -0.1) is 23.2 Å². The fourth-order valence-corrected chi connectivity index (χ4v) is 3.17. The lowest BCUT2D eigenvalue weighted by Crippen LogP contribution is -2.31. The molecule has 102 valence electrons. The standard InChI is InChI=1S/C15H22Cl2O/c1-13-7-3-4-8-14(13)15(11-16,12-17)9-5-6-10-18-2/h3-4,7-8H,5-6,9-12H2,1-2H3. The molecule has 0 radical (unpaired) electrons. The normalized spacial score (nSPS) is 11.8. The van der Waals surface area contributed by atoms with Crippen LogP contribution in [0.2, 0.25) is 0 Å². The smallest absolute Gasteiger partial charge is 0.0462 e. The minimum absolute atomic E-state index is 0.109. The predicted molar refractivity (Wildman–Crippen MR) is 80.0 cm³/mol. The monoisotopic (exact) mass is 288 g/mol. The van der Waals surface area contributed by atoms with E-state index in [0.717, 1.165) is 25.9 Å². The molecular weight excluding hydrogens is 267 g/mol. The highest BCUT2D eigenvalue weighted by atomic mass is 35.5. The van der Waals surface area contributed by atoms with Crippen LogP contribution in [0.3, 0.4) is 0 Å². The van der Waals surface area contributed by atoms with Crippen molar-refractivity contribution in [2.45, 2.75) is 31.6 Å². The fraction of sp³-hybridized carbons (Fsp3) is 0.600. The Balaban J connectivity index is 2.83. The molecule has 1 rings (SSSR count). The first-order valence-corrected chi connectivity index (χ1v) is 7.44. The van der Waals surface area contributed by atoms with Gasteiger partial charge < -0.3 is 4.74 Å². The van der Waals surface area contributed by atoms with Crippen LogP contribution in [0.4, 0.5) is 0 Å². The minimum atomic E-state index is -0.109. The SMILES string of the molecule is COCCCCC(CCl)(CCl)c1ccccc1C. The second-order valence-corrected chi connectivity index (χ2v) is 5.35. The molecule has 1 aromatic rings. The molecule has 0 aliphatic carbocycles. The topological polar surface area (TPSA) is 9.23 Å². The van der Waals surface area contributed by atoms with Crippen molar-refractivity contribution in [3.63, 3.8) is 0 Å². The molecule has 0 atom stereocenters. The third kappa shape index (κ3) is 3.88. The summed E-state index contributed by atoms with van der Waals surface area (Å²) in [5, 5.41) is 0. The molecule has 0 spiro atoms. The van der Waals surface area contributed by atoms with Crippen molar-refractivity contribution in [2.24, 2.45) is 0 Å². The Morgan fingerprint density at radius 2 is 1.78 bits per heavy atom. The van der Waals surface area contributed by atoms with Gasteiger partial charge >= 0.3 is 0 Å². The van der Waals surface area contributed by atoms with Gasteiger partial charge in [0.2, 0.25) is 0 Å². The van der Waals surface area contributed by atoms with E-state index < -0.39 is 0 Å². The molecule has 0 unspecified atom stereocenters. The van der Waals surface area contributed by atoms with Gasteiger partial charge in [-0.3, -0.25) is 0 Å². The van der Waals surface area contributed by atoms with Crippen LogP contribution >= 0.6 is 23.2 Å². The van der Waals surface area contributed by atoms with Gasteiger partial charge in [-0.25, -0.2) is 0 Å². The molecule has 1 aromatic carbocycles. The summed E-state index contributed by atoms with van der Waals surface area (Å²) in [6.45, 7) is 2.92. The maximum Gasteiger partial charge on any atom is 0.0462 e. The highest BCUT2D eigenvalue weighted by Crippen LogP contribution is 2.34. The van der Waals surface area contributed by atoms with Crippen molar-refractivity contribution in [3.05, 3.63) is 35.4 Å². The minimum Gasteiger partial charge on any atom is -0.385 e.